The molecular formula is C28H42N4O3. The molecule has 35 heavy (non-hydrogen) atoms. The molecule has 1 aromatic heterocycles. The van der Waals surface area contributed by atoms with Crippen LogP contribution in [0.25, 0.3) is 0 Å². The number of nitrogens with zero attached hydrogens (tertiary/aromatic N) is 4. The van der Waals surface area contributed by atoms with E-state index in [1.165, 1.54) is 0 Å². The van der Waals surface area contributed by atoms with Crippen molar-refractivity contribution in [1.29, 1.82) is 0 Å². The topological polar surface area (TPSA) is 67.7 Å². The molecular weight excluding hydrogens is 440 g/mol. The summed E-state index contributed by atoms with van der Waals surface area (Å²) in [4.78, 5) is 30.9. The van der Waals surface area contributed by atoms with E-state index in [1.807, 2.05) is 54.1 Å². The quantitative estimate of drug-likeness (QED) is 0.593. The highest BCUT2D eigenvalue weighted by atomic mass is 16.5. The number of rotatable bonds is 6. The predicted octanol–water partition coefficient (Wildman–Crippen LogP) is 4.81. The lowest BCUT2D eigenvalue weighted by Gasteiger charge is -2.34. The van der Waals surface area contributed by atoms with Gasteiger partial charge < -0.3 is 14.5 Å². The molecule has 0 fully saturated rings. The minimum absolute atomic E-state index is 0.00183. The number of amides is 2. The Morgan fingerprint density at radius 1 is 1.11 bits per heavy atom. The molecule has 7 heteroatoms. The van der Waals surface area contributed by atoms with E-state index in [1.54, 1.807) is 4.68 Å². The number of ether oxygens (including phenoxy) is 1. The fraction of sp³-hybridized carbons (Fsp3) is 0.607. The molecule has 1 aromatic carbocycles. The normalized spacial score (nSPS) is 17.7. The van der Waals surface area contributed by atoms with Gasteiger partial charge in [-0.3, -0.25) is 14.3 Å². The van der Waals surface area contributed by atoms with Crippen LogP contribution in [0.3, 0.4) is 0 Å². The summed E-state index contributed by atoms with van der Waals surface area (Å²) in [5.41, 5.74) is 2.15. The molecule has 1 aliphatic rings. The van der Waals surface area contributed by atoms with E-state index in [0.29, 0.717) is 55.1 Å². The molecule has 0 bridgehead atoms. The molecule has 192 valence electrons. The number of aryl methyl sites for hydroxylation is 1. The fourth-order valence-electron chi connectivity index (χ4n) is 4.78. The first-order valence-corrected chi connectivity index (χ1v) is 13.1. The van der Waals surface area contributed by atoms with Crippen molar-refractivity contribution in [2.75, 3.05) is 26.2 Å². The van der Waals surface area contributed by atoms with Crippen LogP contribution in [0.1, 0.15) is 80.4 Å². The van der Waals surface area contributed by atoms with Crippen LogP contribution < -0.4 is 4.74 Å². The molecule has 2 heterocycles. The van der Waals surface area contributed by atoms with Gasteiger partial charge in [0.15, 0.2) is 0 Å². The maximum absolute atomic E-state index is 13.9. The molecule has 0 spiro atoms. The second kappa shape index (κ2) is 12.2. The molecule has 2 amide bonds. The molecule has 0 N–H and O–H groups in total. The molecule has 1 atom stereocenters. The van der Waals surface area contributed by atoms with E-state index in [-0.39, 0.29) is 17.9 Å². The molecule has 0 unspecified atom stereocenters. The van der Waals surface area contributed by atoms with E-state index in [4.69, 9.17) is 4.74 Å². The Labute approximate surface area is 210 Å². The minimum Gasteiger partial charge on any atom is -0.491 e. The van der Waals surface area contributed by atoms with Crippen molar-refractivity contribution in [3.8, 4) is 5.75 Å². The largest absolute Gasteiger partial charge is 0.491 e. The van der Waals surface area contributed by atoms with Crippen molar-refractivity contribution < 1.29 is 14.3 Å². The van der Waals surface area contributed by atoms with Crippen LogP contribution in [0.4, 0.5) is 0 Å². The van der Waals surface area contributed by atoms with Crippen LogP contribution in [0.5, 0.6) is 5.75 Å². The van der Waals surface area contributed by atoms with Gasteiger partial charge in [-0.1, -0.05) is 39.8 Å². The third-order valence-electron chi connectivity index (χ3n) is 6.51. The highest BCUT2D eigenvalue weighted by Gasteiger charge is 2.29. The Balaban J connectivity index is 1.95. The standard InChI is InChI=1S/C28H42N4O3/c1-7-31-14-10-11-15-32(28(34)25-18-22(16-20(2)3)29-30(25)6)23(17-21(4)5)19-35-26-13-9-8-12-24(26)27(31)33/h8-9,12-13,18,20-21,23H,7,10-11,14-17,19H2,1-6H3/t23-/m0/s1. The number of carbonyl (C=O) groups is 2. The van der Waals surface area contributed by atoms with E-state index < -0.39 is 0 Å². The number of hydrogen-bond acceptors (Lipinski definition) is 4. The predicted molar refractivity (Wildman–Crippen MR) is 139 cm³/mol. The molecule has 3 rings (SSSR count). The number of para-hydroxylation sites is 1. The smallest absolute Gasteiger partial charge is 0.272 e. The number of carbonyl (C=O) groups excluding carboxylic acids is 2. The van der Waals surface area contributed by atoms with Gasteiger partial charge in [0.2, 0.25) is 0 Å². The Morgan fingerprint density at radius 3 is 2.51 bits per heavy atom. The van der Waals surface area contributed by atoms with Crippen LogP contribution in [-0.4, -0.2) is 63.7 Å². The lowest BCUT2D eigenvalue weighted by molar-refractivity contribution is 0.0545. The van der Waals surface area contributed by atoms with Crippen molar-refractivity contribution in [1.82, 2.24) is 19.6 Å². The molecule has 2 aromatic rings. The fourth-order valence-corrected chi connectivity index (χ4v) is 4.78. The summed E-state index contributed by atoms with van der Waals surface area (Å²) < 4.78 is 8.00. The second-order valence-corrected chi connectivity index (χ2v) is 10.4. The summed E-state index contributed by atoms with van der Waals surface area (Å²) in [7, 11) is 1.85. The summed E-state index contributed by atoms with van der Waals surface area (Å²) in [6.45, 7) is 12.9. The number of benzene rings is 1. The van der Waals surface area contributed by atoms with Crippen molar-refractivity contribution in [2.24, 2.45) is 18.9 Å². The third kappa shape index (κ3) is 6.86. The first-order chi connectivity index (χ1) is 16.7. The van der Waals surface area contributed by atoms with E-state index in [0.717, 1.165) is 31.4 Å². The van der Waals surface area contributed by atoms with Crippen LogP contribution in [0.2, 0.25) is 0 Å². The van der Waals surface area contributed by atoms with Crippen molar-refractivity contribution in [3.63, 3.8) is 0 Å². The summed E-state index contributed by atoms with van der Waals surface area (Å²) in [6, 6.07) is 9.29. The lowest BCUT2D eigenvalue weighted by atomic mass is 10.0. The average Bonchev–Trinajstić information content (AvgIpc) is 3.17. The first-order valence-electron chi connectivity index (χ1n) is 13.1. The van der Waals surface area contributed by atoms with Gasteiger partial charge in [0, 0.05) is 26.7 Å². The van der Waals surface area contributed by atoms with Gasteiger partial charge in [-0.25, -0.2) is 0 Å². The minimum atomic E-state index is -0.101. The van der Waals surface area contributed by atoms with Crippen molar-refractivity contribution >= 4 is 11.8 Å². The van der Waals surface area contributed by atoms with Gasteiger partial charge >= 0.3 is 0 Å². The summed E-state index contributed by atoms with van der Waals surface area (Å²) >= 11 is 0. The van der Waals surface area contributed by atoms with Gasteiger partial charge in [0.1, 0.15) is 18.1 Å². The molecule has 1 aliphatic heterocycles. The van der Waals surface area contributed by atoms with Crippen LogP contribution in [0.15, 0.2) is 30.3 Å². The number of hydrogen-bond donors (Lipinski definition) is 0. The summed E-state index contributed by atoms with van der Waals surface area (Å²) in [5.74, 6) is 1.45. The van der Waals surface area contributed by atoms with Gasteiger partial charge in [-0.05, 0) is 62.6 Å². The van der Waals surface area contributed by atoms with Crippen LogP contribution in [-0.2, 0) is 13.5 Å². The van der Waals surface area contributed by atoms with E-state index >= 15 is 0 Å². The average molecular weight is 483 g/mol. The maximum atomic E-state index is 13.9. The third-order valence-corrected chi connectivity index (χ3v) is 6.51. The molecule has 0 radical (unpaired) electrons. The molecule has 7 nitrogen and oxygen atoms in total. The number of fused-ring (bicyclic) bond motifs is 1. The van der Waals surface area contributed by atoms with Gasteiger partial charge in [0.25, 0.3) is 11.8 Å². The van der Waals surface area contributed by atoms with E-state index in [9.17, 15) is 9.59 Å². The van der Waals surface area contributed by atoms with Gasteiger partial charge in [0.05, 0.1) is 17.3 Å². The zero-order valence-corrected chi connectivity index (χ0v) is 22.3. The maximum Gasteiger partial charge on any atom is 0.272 e. The first kappa shape index (κ1) is 26.8. The summed E-state index contributed by atoms with van der Waals surface area (Å²) in [6.07, 6.45) is 3.32. The lowest BCUT2D eigenvalue weighted by Crippen LogP contribution is -2.46. The van der Waals surface area contributed by atoms with E-state index in [2.05, 4.69) is 32.8 Å². The molecule has 0 aliphatic carbocycles. The molecule has 0 saturated carbocycles. The van der Waals surface area contributed by atoms with Crippen LogP contribution in [0, 0.1) is 11.8 Å². The Kier molecular flexibility index (Phi) is 9.35. The number of aromatic nitrogens is 2. The zero-order chi connectivity index (χ0) is 25.5. The Hall–Kier alpha value is -2.83. The monoisotopic (exact) mass is 482 g/mol. The van der Waals surface area contributed by atoms with Crippen LogP contribution >= 0.6 is 0 Å². The second-order valence-electron chi connectivity index (χ2n) is 10.4. The van der Waals surface area contributed by atoms with Gasteiger partial charge in [-0.15, -0.1) is 0 Å². The Morgan fingerprint density at radius 2 is 1.83 bits per heavy atom. The van der Waals surface area contributed by atoms with Crippen molar-refractivity contribution in [3.05, 3.63) is 47.3 Å². The SMILES string of the molecule is CCN1CCCCN(C(=O)c2cc(CC(C)C)nn2C)[C@@H](CC(C)C)COc2ccccc2C1=O. The highest BCUT2D eigenvalue weighted by molar-refractivity contribution is 5.97. The summed E-state index contributed by atoms with van der Waals surface area (Å²) in [5, 5.41) is 4.61. The van der Waals surface area contributed by atoms with Gasteiger partial charge in [-0.2, -0.15) is 5.10 Å². The molecule has 0 saturated heterocycles. The zero-order valence-electron chi connectivity index (χ0n) is 22.3. The Bertz CT molecular complexity index is 998. The van der Waals surface area contributed by atoms with Crippen molar-refractivity contribution in [2.45, 2.75) is 66.3 Å². The highest BCUT2D eigenvalue weighted by Crippen LogP contribution is 2.24.